The summed E-state index contributed by atoms with van der Waals surface area (Å²) in [5, 5.41) is 1.80. The van der Waals surface area contributed by atoms with E-state index in [9.17, 15) is 0 Å². The normalized spacial score (nSPS) is 11.1. The minimum absolute atomic E-state index is 0.420. The summed E-state index contributed by atoms with van der Waals surface area (Å²) in [6.45, 7) is 1.96. The third-order valence-corrected chi connectivity index (χ3v) is 3.97. The van der Waals surface area contributed by atoms with E-state index in [1.165, 1.54) is 11.3 Å². The number of fused-ring (bicyclic) bond motifs is 1. The van der Waals surface area contributed by atoms with Crippen molar-refractivity contribution in [1.29, 1.82) is 0 Å². The lowest BCUT2D eigenvalue weighted by atomic mass is 10.1. The molecule has 0 aliphatic carbocycles. The van der Waals surface area contributed by atoms with Crippen LogP contribution >= 0.6 is 34.5 Å². The summed E-state index contributed by atoms with van der Waals surface area (Å²) in [6, 6.07) is 3.73. The van der Waals surface area contributed by atoms with Gasteiger partial charge in [-0.2, -0.15) is 0 Å². The molecule has 0 unspecified atom stereocenters. The highest BCUT2D eigenvalue weighted by Crippen LogP contribution is 2.32. The molecule has 6 heteroatoms. The fraction of sp³-hybridized carbons (Fsp3) is 0.0833. The minimum Gasteiger partial charge on any atom is -0.252 e. The lowest BCUT2D eigenvalue weighted by Crippen LogP contribution is -1.93. The summed E-state index contributed by atoms with van der Waals surface area (Å²) in [6.07, 6.45) is 1.71. The lowest BCUT2D eigenvalue weighted by molar-refractivity contribution is 1.23. The Kier molecular flexibility index (Phi) is 2.93. The molecule has 0 amide bonds. The highest BCUT2D eigenvalue weighted by Gasteiger charge is 2.13. The molecule has 3 rings (SSSR count). The van der Waals surface area contributed by atoms with Gasteiger partial charge in [0.15, 0.2) is 5.82 Å². The van der Waals surface area contributed by atoms with Gasteiger partial charge in [-0.15, -0.1) is 11.3 Å². The van der Waals surface area contributed by atoms with E-state index in [4.69, 9.17) is 23.2 Å². The Hall–Kier alpha value is -1.23. The second-order valence-electron chi connectivity index (χ2n) is 3.79. The van der Waals surface area contributed by atoms with Gasteiger partial charge < -0.3 is 0 Å². The number of nitrogens with zero attached hydrogens (tertiary/aromatic N) is 3. The predicted molar refractivity (Wildman–Crippen MR) is 75.4 cm³/mol. The first-order valence-electron chi connectivity index (χ1n) is 5.18. The van der Waals surface area contributed by atoms with E-state index in [1.54, 1.807) is 11.7 Å². The predicted octanol–water partition coefficient (Wildman–Crippen LogP) is 4.37. The molecule has 0 aliphatic heterocycles. The van der Waals surface area contributed by atoms with Crippen LogP contribution in [0.25, 0.3) is 21.6 Å². The third kappa shape index (κ3) is 1.86. The van der Waals surface area contributed by atoms with Crippen molar-refractivity contribution in [3.8, 4) is 10.7 Å². The van der Waals surface area contributed by atoms with Crippen LogP contribution in [0.5, 0.6) is 0 Å². The van der Waals surface area contributed by atoms with Crippen LogP contribution in [-0.2, 0) is 0 Å². The molecule has 0 radical (unpaired) electrons. The Morgan fingerprint density at radius 3 is 2.72 bits per heavy atom. The summed E-state index contributed by atoms with van der Waals surface area (Å²) in [7, 11) is 0. The molecule has 0 aliphatic rings. The lowest BCUT2D eigenvalue weighted by Gasteiger charge is -2.06. The Morgan fingerprint density at radius 1 is 1.17 bits per heavy atom. The molecule has 0 saturated heterocycles. The van der Waals surface area contributed by atoms with Crippen molar-refractivity contribution in [2.45, 2.75) is 6.92 Å². The molecule has 0 spiro atoms. The Balaban J connectivity index is 2.37. The second-order valence-corrected chi connectivity index (χ2v) is 5.44. The van der Waals surface area contributed by atoms with Crippen molar-refractivity contribution in [2.75, 3.05) is 0 Å². The highest BCUT2D eigenvalue weighted by atomic mass is 35.5. The van der Waals surface area contributed by atoms with E-state index in [0.717, 1.165) is 15.8 Å². The molecule has 0 bridgehead atoms. The van der Waals surface area contributed by atoms with Gasteiger partial charge in [0.1, 0.15) is 5.15 Å². The number of halogens is 2. The largest absolute Gasteiger partial charge is 0.252 e. The van der Waals surface area contributed by atoms with Gasteiger partial charge in [-0.1, -0.05) is 29.3 Å². The van der Waals surface area contributed by atoms with Crippen molar-refractivity contribution in [3.05, 3.63) is 39.6 Å². The number of aryl methyl sites for hydroxylation is 1. The van der Waals surface area contributed by atoms with Crippen LogP contribution in [0.15, 0.2) is 23.8 Å². The monoisotopic (exact) mass is 295 g/mol. The number of benzene rings is 1. The second kappa shape index (κ2) is 4.46. The fourth-order valence-electron chi connectivity index (χ4n) is 1.75. The summed E-state index contributed by atoms with van der Waals surface area (Å²) >= 11 is 13.9. The van der Waals surface area contributed by atoms with Gasteiger partial charge in [0.05, 0.1) is 20.9 Å². The van der Waals surface area contributed by atoms with E-state index in [0.29, 0.717) is 21.5 Å². The molecular weight excluding hydrogens is 289 g/mol. The smallest absolute Gasteiger partial charge is 0.173 e. The van der Waals surface area contributed by atoms with Gasteiger partial charge in [-0.05, 0) is 18.6 Å². The molecule has 3 aromatic rings. The van der Waals surface area contributed by atoms with Crippen LogP contribution in [0.3, 0.4) is 0 Å². The maximum Gasteiger partial charge on any atom is 0.173 e. The maximum absolute atomic E-state index is 6.23. The number of hydrogen-bond donors (Lipinski definition) is 0. The Morgan fingerprint density at radius 2 is 2.00 bits per heavy atom. The average molecular weight is 296 g/mol. The minimum atomic E-state index is 0.420. The molecule has 0 saturated carbocycles. The SMILES string of the molecule is Cc1ccc(Cl)c2nc(-c3cncs3)nc(Cl)c12. The number of rotatable bonds is 1. The number of thiazole rings is 1. The molecule has 2 aromatic heterocycles. The zero-order valence-corrected chi connectivity index (χ0v) is 11.6. The van der Waals surface area contributed by atoms with Gasteiger partial charge in [0, 0.05) is 11.6 Å². The van der Waals surface area contributed by atoms with Crippen LogP contribution in [0.2, 0.25) is 10.2 Å². The van der Waals surface area contributed by atoms with E-state index in [2.05, 4.69) is 15.0 Å². The van der Waals surface area contributed by atoms with Gasteiger partial charge >= 0.3 is 0 Å². The molecule has 18 heavy (non-hydrogen) atoms. The van der Waals surface area contributed by atoms with Crippen molar-refractivity contribution >= 4 is 45.4 Å². The summed E-state index contributed by atoms with van der Waals surface area (Å²) < 4.78 is 0. The average Bonchev–Trinajstić information content (AvgIpc) is 2.87. The molecule has 3 nitrogen and oxygen atoms in total. The summed E-state index contributed by atoms with van der Waals surface area (Å²) in [5.41, 5.74) is 3.42. The maximum atomic E-state index is 6.23. The quantitative estimate of drug-likeness (QED) is 0.626. The van der Waals surface area contributed by atoms with Gasteiger partial charge in [-0.3, -0.25) is 4.98 Å². The summed E-state index contributed by atoms with van der Waals surface area (Å²) in [4.78, 5) is 13.7. The molecule has 0 fully saturated rings. The van der Waals surface area contributed by atoms with Crippen LogP contribution in [0, 0.1) is 6.92 Å². The van der Waals surface area contributed by atoms with Crippen LogP contribution in [0.1, 0.15) is 5.56 Å². The van der Waals surface area contributed by atoms with Crippen molar-refractivity contribution in [3.63, 3.8) is 0 Å². The van der Waals surface area contributed by atoms with E-state index < -0.39 is 0 Å². The molecule has 90 valence electrons. The summed E-state index contributed by atoms with van der Waals surface area (Å²) in [5.74, 6) is 0.558. The third-order valence-electron chi connectivity index (χ3n) is 2.62. The fourth-order valence-corrected chi connectivity index (χ4v) is 2.82. The van der Waals surface area contributed by atoms with Crippen molar-refractivity contribution in [2.24, 2.45) is 0 Å². The van der Waals surface area contributed by atoms with Crippen LogP contribution < -0.4 is 0 Å². The van der Waals surface area contributed by atoms with Crippen LogP contribution in [0.4, 0.5) is 0 Å². The molecule has 0 N–H and O–H groups in total. The number of aromatic nitrogens is 3. The first kappa shape index (κ1) is 11.8. The molecule has 2 heterocycles. The number of hydrogen-bond acceptors (Lipinski definition) is 4. The molecule has 0 atom stereocenters. The zero-order valence-electron chi connectivity index (χ0n) is 9.32. The first-order valence-corrected chi connectivity index (χ1v) is 6.81. The highest BCUT2D eigenvalue weighted by molar-refractivity contribution is 7.13. The van der Waals surface area contributed by atoms with E-state index in [1.807, 2.05) is 19.1 Å². The van der Waals surface area contributed by atoms with E-state index in [-0.39, 0.29) is 0 Å². The van der Waals surface area contributed by atoms with Crippen molar-refractivity contribution < 1.29 is 0 Å². The topological polar surface area (TPSA) is 38.7 Å². The molecular formula is C12H7Cl2N3S. The standard InChI is InChI=1S/C12H7Cl2N3S/c1-6-2-3-7(13)10-9(6)11(14)17-12(16-10)8-4-15-5-18-8/h2-5H,1H3. The molecule has 1 aromatic carbocycles. The zero-order chi connectivity index (χ0) is 12.7. The van der Waals surface area contributed by atoms with Gasteiger partial charge in [-0.25, -0.2) is 9.97 Å². The first-order chi connectivity index (χ1) is 8.66. The Bertz CT molecular complexity index is 726. The Labute approximate surface area is 117 Å². The van der Waals surface area contributed by atoms with Crippen molar-refractivity contribution in [1.82, 2.24) is 15.0 Å². The van der Waals surface area contributed by atoms with Gasteiger partial charge in [0.2, 0.25) is 0 Å². The van der Waals surface area contributed by atoms with E-state index >= 15 is 0 Å². The van der Waals surface area contributed by atoms with Crippen LogP contribution in [-0.4, -0.2) is 15.0 Å². The van der Waals surface area contributed by atoms with Gasteiger partial charge in [0.25, 0.3) is 0 Å².